The molecule has 4 rings (SSSR count). The molecule has 0 bridgehead atoms. The zero-order valence-electron chi connectivity index (χ0n) is 17.3. The number of piperidine rings is 1. The number of anilines is 1. The number of nitrogens with zero attached hydrogens (tertiary/aromatic N) is 3. The molecule has 1 amide bonds. The van der Waals surface area contributed by atoms with Gasteiger partial charge in [-0.05, 0) is 49.1 Å². The molecule has 1 aromatic carbocycles. The van der Waals surface area contributed by atoms with Crippen LogP contribution in [0.5, 0.6) is 5.75 Å². The normalized spacial score (nSPS) is 16.6. The second kappa shape index (κ2) is 9.89. The topological polar surface area (TPSA) is 67.3 Å². The summed E-state index contributed by atoms with van der Waals surface area (Å²) >= 11 is 1.60. The lowest BCUT2D eigenvalue weighted by atomic mass is 9.97. The van der Waals surface area contributed by atoms with Crippen LogP contribution in [0, 0.1) is 5.92 Å². The Bertz CT molecular complexity index is 940. The third kappa shape index (κ3) is 5.08. The van der Waals surface area contributed by atoms with Crippen LogP contribution in [0.3, 0.4) is 0 Å². The van der Waals surface area contributed by atoms with Gasteiger partial charge in [-0.3, -0.25) is 4.79 Å². The molecule has 30 heavy (non-hydrogen) atoms. The van der Waals surface area contributed by atoms with Gasteiger partial charge in [0.15, 0.2) is 5.13 Å². The van der Waals surface area contributed by atoms with Crippen molar-refractivity contribution in [2.24, 2.45) is 5.92 Å². The SMILES string of the molecule is CCCCOc1ccc(CNC(=O)C2CCCN(c3nc4cccnc4s3)C2)cc1. The minimum Gasteiger partial charge on any atom is -0.494 e. The molecule has 1 aliphatic heterocycles. The number of benzene rings is 1. The summed E-state index contributed by atoms with van der Waals surface area (Å²) in [5.74, 6) is 0.976. The van der Waals surface area contributed by atoms with Crippen molar-refractivity contribution in [2.75, 3.05) is 24.6 Å². The Labute approximate surface area is 181 Å². The number of unbranched alkanes of at least 4 members (excludes halogenated alkanes) is 1. The maximum atomic E-state index is 12.8. The number of hydrogen-bond acceptors (Lipinski definition) is 6. The molecule has 1 unspecified atom stereocenters. The molecule has 0 radical (unpaired) electrons. The van der Waals surface area contributed by atoms with Crippen LogP contribution in [0.25, 0.3) is 10.3 Å². The first-order valence-electron chi connectivity index (χ1n) is 10.7. The number of rotatable bonds is 8. The number of aromatic nitrogens is 2. The van der Waals surface area contributed by atoms with Crippen molar-refractivity contribution in [3.05, 3.63) is 48.2 Å². The maximum absolute atomic E-state index is 12.8. The fourth-order valence-corrected chi connectivity index (χ4v) is 4.57. The summed E-state index contributed by atoms with van der Waals surface area (Å²) in [6.45, 7) is 5.07. The number of carbonyl (C=O) groups is 1. The second-order valence-corrected chi connectivity index (χ2v) is 8.63. The van der Waals surface area contributed by atoms with Crippen LogP contribution >= 0.6 is 11.3 Å². The minimum atomic E-state index is -0.0182. The fourth-order valence-electron chi connectivity index (χ4n) is 3.63. The molecule has 1 atom stereocenters. The van der Waals surface area contributed by atoms with Crippen LogP contribution < -0.4 is 15.0 Å². The van der Waals surface area contributed by atoms with Crippen LogP contribution in [0.4, 0.5) is 5.13 Å². The largest absolute Gasteiger partial charge is 0.494 e. The monoisotopic (exact) mass is 424 g/mol. The lowest BCUT2D eigenvalue weighted by Crippen LogP contribution is -2.42. The van der Waals surface area contributed by atoms with Crippen molar-refractivity contribution >= 4 is 32.7 Å². The fraction of sp³-hybridized carbons (Fsp3) is 0.435. The second-order valence-electron chi connectivity index (χ2n) is 7.67. The van der Waals surface area contributed by atoms with Gasteiger partial charge in [0.2, 0.25) is 5.91 Å². The van der Waals surface area contributed by atoms with Gasteiger partial charge in [0.05, 0.1) is 12.5 Å². The van der Waals surface area contributed by atoms with E-state index in [2.05, 4.69) is 22.1 Å². The highest BCUT2D eigenvalue weighted by Gasteiger charge is 2.27. The Morgan fingerprint density at radius 3 is 2.97 bits per heavy atom. The van der Waals surface area contributed by atoms with Crippen LogP contribution in [-0.4, -0.2) is 35.6 Å². The van der Waals surface area contributed by atoms with Gasteiger partial charge >= 0.3 is 0 Å². The van der Waals surface area contributed by atoms with Crippen molar-refractivity contribution in [1.29, 1.82) is 0 Å². The summed E-state index contributed by atoms with van der Waals surface area (Å²) in [5, 5.41) is 4.06. The van der Waals surface area contributed by atoms with Gasteiger partial charge in [-0.2, -0.15) is 0 Å². The molecule has 3 heterocycles. The summed E-state index contributed by atoms with van der Waals surface area (Å²) in [4.78, 5) is 25.0. The van der Waals surface area contributed by atoms with E-state index in [-0.39, 0.29) is 11.8 Å². The number of pyridine rings is 1. The molecule has 2 aromatic heterocycles. The van der Waals surface area contributed by atoms with E-state index in [1.165, 1.54) is 0 Å². The van der Waals surface area contributed by atoms with Crippen LogP contribution in [0.15, 0.2) is 42.6 Å². The number of hydrogen-bond donors (Lipinski definition) is 1. The van der Waals surface area contributed by atoms with Gasteiger partial charge in [-0.25, -0.2) is 9.97 Å². The molecule has 1 aliphatic rings. The van der Waals surface area contributed by atoms with Gasteiger partial charge in [-0.15, -0.1) is 0 Å². The van der Waals surface area contributed by atoms with E-state index in [0.717, 1.165) is 65.6 Å². The van der Waals surface area contributed by atoms with Crippen molar-refractivity contribution in [3.8, 4) is 5.75 Å². The Morgan fingerprint density at radius 2 is 2.17 bits per heavy atom. The number of fused-ring (bicyclic) bond motifs is 1. The highest BCUT2D eigenvalue weighted by Crippen LogP contribution is 2.30. The van der Waals surface area contributed by atoms with Crippen LogP contribution in [0.2, 0.25) is 0 Å². The smallest absolute Gasteiger partial charge is 0.225 e. The van der Waals surface area contributed by atoms with E-state index in [1.807, 2.05) is 36.4 Å². The van der Waals surface area contributed by atoms with Crippen molar-refractivity contribution in [2.45, 2.75) is 39.2 Å². The third-order valence-electron chi connectivity index (χ3n) is 5.37. The molecule has 3 aromatic rings. The summed E-state index contributed by atoms with van der Waals surface area (Å²) in [5.41, 5.74) is 2.00. The lowest BCUT2D eigenvalue weighted by molar-refractivity contribution is -0.125. The van der Waals surface area contributed by atoms with E-state index in [9.17, 15) is 4.79 Å². The summed E-state index contributed by atoms with van der Waals surface area (Å²) < 4.78 is 5.70. The van der Waals surface area contributed by atoms with Crippen LogP contribution in [-0.2, 0) is 11.3 Å². The van der Waals surface area contributed by atoms with Gasteiger partial charge < -0.3 is 15.0 Å². The van der Waals surface area contributed by atoms with Gasteiger partial charge in [0, 0.05) is 25.8 Å². The van der Waals surface area contributed by atoms with Crippen molar-refractivity contribution in [3.63, 3.8) is 0 Å². The summed E-state index contributed by atoms with van der Waals surface area (Å²) in [7, 11) is 0. The van der Waals surface area contributed by atoms with Gasteiger partial charge in [0.25, 0.3) is 0 Å². The number of carbonyl (C=O) groups excluding carboxylic acids is 1. The average Bonchev–Trinajstić information content (AvgIpc) is 3.23. The van der Waals surface area contributed by atoms with Crippen molar-refractivity contribution in [1.82, 2.24) is 15.3 Å². The molecule has 7 heteroatoms. The maximum Gasteiger partial charge on any atom is 0.225 e. The van der Waals surface area contributed by atoms with E-state index in [4.69, 9.17) is 9.72 Å². The Hall–Kier alpha value is -2.67. The molecule has 0 aliphatic carbocycles. The molecule has 1 fully saturated rings. The molecule has 6 nitrogen and oxygen atoms in total. The van der Waals surface area contributed by atoms with Gasteiger partial charge in [-0.1, -0.05) is 36.8 Å². The first-order chi connectivity index (χ1) is 14.7. The quantitative estimate of drug-likeness (QED) is 0.543. The number of ether oxygens (including phenoxy) is 1. The molecule has 158 valence electrons. The number of amides is 1. The molecule has 0 spiro atoms. The molecular formula is C23H28N4O2S. The summed E-state index contributed by atoms with van der Waals surface area (Å²) in [6, 6.07) is 11.9. The van der Waals surface area contributed by atoms with E-state index in [1.54, 1.807) is 17.5 Å². The van der Waals surface area contributed by atoms with Crippen LogP contribution in [0.1, 0.15) is 38.2 Å². The predicted octanol–water partition coefficient (Wildman–Crippen LogP) is 4.40. The van der Waals surface area contributed by atoms with E-state index < -0.39 is 0 Å². The predicted molar refractivity (Wildman–Crippen MR) is 121 cm³/mol. The standard InChI is InChI=1S/C23H28N4O2S/c1-2-3-14-29-19-10-8-17(9-11-19)15-25-21(28)18-6-5-13-27(16-18)23-26-20-7-4-12-24-22(20)30-23/h4,7-12,18H,2-3,5-6,13-16H2,1H3,(H,25,28). The minimum absolute atomic E-state index is 0.0182. The highest BCUT2D eigenvalue weighted by atomic mass is 32.1. The van der Waals surface area contributed by atoms with E-state index in [0.29, 0.717) is 13.1 Å². The van der Waals surface area contributed by atoms with Gasteiger partial charge in [0.1, 0.15) is 16.1 Å². The third-order valence-corrected chi connectivity index (χ3v) is 6.41. The zero-order valence-corrected chi connectivity index (χ0v) is 18.2. The Morgan fingerprint density at radius 1 is 1.30 bits per heavy atom. The number of thiazole rings is 1. The summed E-state index contributed by atoms with van der Waals surface area (Å²) in [6.07, 6.45) is 5.88. The van der Waals surface area contributed by atoms with E-state index >= 15 is 0 Å². The van der Waals surface area contributed by atoms with Crippen molar-refractivity contribution < 1.29 is 9.53 Å². The highest BCUT2D eigenvalue weighted by molar-refractivity contribution is 7.21. The molecule has 1 saturated heterocycles. The lowest BCUT2D eigenvalue weighted by Gasteiger charge is -2.31. The zero-order chi connectivity index (χ0) is 20.8. The average molecular weight is 425 g/mol. The molecule has 1 N–H and O–H groups in total. The first kappa shape index (κ1) is 20.6. The molecular weight excluding hydrogens is 396 g/mol. The Kier molecular flexibility index (Phi) is 6.79. The Balaban J connectivity index is 1.30. The number of nitrogens with one attached hydrogen (secondary N) is 1. The first-order valence-corrected chi connectivity index (χ1v) is 11.5. The molecule has 0 saturated carbocycles.